The van der Waals surface area contributed by atoms with Crippen molar-refractivity contribution in [2.75, 3.05) is 5.32 Å². The molecule has 2 aromatic rings. The predicted octanol–water partition coefficient (Wildman–Crippen LogP) is 3.01. The molecule has 0 bridgehead atoms. The molecule has 19 heavy (non-hydrogen) atoms. The van der Waals surface area contributed by atoms with Gasteiger partial charge in [0.15, 0.2) is 5.43 Å². The molecule has 4 nitrogen and oxygen atoms in total. The molecular formula is C14H13BrN2O2. The minimum Gasteiger partial charge on any atom is -0.364 e. The van der Waals surface area contributed by atoms with E-state index in [-0.39, 0.29) is 11.0 Å². The molecule has 0 unspecified atom stereocenters. The molecule has 1 amide bonds. The van der Waals surface area contributed by atoms with E-state index >= 15 is 0 Å². The van der Waals surface area contributed by atoms with Crippen molar-refractivity contribution in [2.24, 2.45) is 0 Å². The van der Waals surface area contributed by atoms with E-state index in [2.05, 4.69) is 26.2 Å². The first kappa shape index (κ1) is 13.5. The molecule has 0 aliphatic carbocycles. The minimum absolute atomic E-state index is 0.102. The Kier molecular flexibility index (Phi) is 3.85. The fraction of sp³-hybridized carbons (Fsp3) is 0.143. The molecule has 1 aromatic carbocycles. The number of carbonyl (C=O) groups is 1. The topological polar surface area (TPSA) is 62.0 Å². The van der Waals surface area contributed by atoms with Crippen molar-refractivity contribution < 1.29 is 4.79 Å². The maximum Gasteiger partial charge on any atom is 0.261 e. The molecule has 2 N–H and O–H groups in total. The van der Waals surface area contributed by atoms with Gasteiger partial charge in [-0.3, -0.25) is 9.59 Å². The van der Waals surface area contributed by atoms with Crippen molar-refractivity contribution in [1.82, 2.24) is 4.98 Å². The van der Waals surface area contributed by atoms with Crippen LogP contribution in [-0.2, 0) is 0 Å². The second-order valence-electron chi connectivity index (χ2n) is 4.31. The second kappa shape index (κ2) is 5.40. The fourth-order valence-electron chi connectivity index (χ4n) is 1.67. The van der Waals surface area contributed by atoms with Gasteiger partial charge in [0, 0.05) is 28.1 Å². The first-order chi connectivity index (χ1) is 8.97. The number of amides is 1. The summed E-state index contributed by atoms with van der Waals surface area (Å²) in [6.45, 7) is 3.66. The summed E-state index contributed by atoms with van der Waals surface area (Å²) in [5, 5.41) is 2.74. The Labute approximate surface area is 119 Å². The highest BCUT2D eigenvalue weighted by Crippen LogP contribution is 2.20. The largest absolute Gasteiger partial charge is 0.364 e. The van der Waals surface area contributed by atoms with Crippen molar-refractivity contribution >= 4 is 27.5 Å². The van der Waals surface area contributed by atoms with E-state index in [0.717, 1.165) is 15.7 Å². The predicted molar refractivity (Wildman–Crippen MR) is 78.6 cm³/mol. The summed E-state index contributed by atoms with van der Waals surface area (Å²) in [6, 6.07) is 6.99. The maximum atomic E-state index is 12.1. The average molecular weight is 321 g/mol. The van der Waals surface area contributed by atoms with Gasteiger partial charge in [0.1, 0.15) is 5.56 Å². The number of aromatic nitrogens is 1. The molecule has 0 atom stereocenters. The lowest BCUT2D eigenvalue weighted by atomic mass is 10.2. The van der Waals surface area contributed by atoms with Crippen LogP contribution in [0.1, 0.15) is 21.6 Å². The summed E-state index contributed by atoms with van der Waals surface area (Å²) in [5.41, 5.74) is 2.14. The molecule has 98 valence electrons. The smallest absolute Gasteiger partial charge is 0.261 e. The highest BCUT2D eigenvalue weighted by molar-refractivity contribution is 9.10. The van der Waals surface area contributed by atoms with Crippen LogP contribution in [0.3, 0.4) is 0 Å². The molecule has 2 rings (SSSR count). The van der Waals surface area contributed by atoms with E-state index in [1.54, 1.807) is 13.0 Å². The van der Waals surface area contributed by atoms with Gasteiger partial charge in [-0.25, -0.2) is 0 Å². The number of hydrogen-bond donors (Lipinski definition) is 2. The number of nitrogens with one attached hydrogen (secondary N) is 2. The van der Waals surface area contributed by atoms with Gasteiger partial charge in [-0.1, -0.05) is 22.0 Å². The summed E-state index contributed by atoms with van der Waals surface area (Å²) < 4.78 is 0.867. The molecule has 0 saturated carbocycles. The van der Waals surface area contributed by atoms with Crippen LogP contribution >= 0.6 is 15.9 Å². The van der Waals surface area contributed by atoms with Gasteiger partial charge in [-0.15, -0.1) is 0 Å². The molecule has 5 heteroatoms. The standard InChI is InChI=1S/C14H13BrN2O2/c1-8-3-4-10(15)6-12(8)17-14(19)11-7-16-9(2)5-13(11)18/h3-7H,1-2H3,(H,16,18)(H,17,19). The molecule has 0 fully saturated rings. The summed E-state index contributed by atoms with van der Waals surface area (Å²) in [5.74, 6) is -0.414. The van der Waals surface area contributed by atoms with Gasteiger partial charge < -0.3 is 10.3 Å². The van der Waals surface area contributed by atoms with E-state index in [1.165, 1.54) is 12.3 Å². The Morgan fingerprint density at radius 2 is 2.00 bits per heavy atom. The lowest BCUT2D eigenvalue weighted by Gasteiger charge is -2.08. The lowest BCUT2D eigenvalue weighted by Crippen LogP contribution is -2.21. The Morgan fingerprint density at radius 1 is 1.26 bits per heavy atom. The zero-order valence-electron chi connectivity index (χ0n) is 10.6. The van der Waals surface area contributed by atoms with Crippen molar-refractivity contribution in [1.29, 1.82) is 0 Å². The summed E-state index contributed by atoms with van der Waals surface area (Å²) in [7, 11) is 0. The van der Waals surface area contributed by atoms with E-state index < -0.39 is 5.91 Å². The number of pyridine rings is 1. The highest BCUT2D eigenvalue weighted by Gasteiger charge is 2.11. The van der Waals surface area contributed by atoms with Gasteiger partial charge in [0.25, 0.3) is 5.91 Å². The molecule has 0 spiro atoms. The Hall–Kier alpha value is -1.88. The number of hydrogen-bond acceptors (Lipinski definition) is 2. The Morgan fingerprint density at radius 3 is 2.68 bits per heavy atom. The minimum atomic E-state index is -0.414. The SMILES string of the molecule is Cc1cc(=O)c(C(=O)Nc2cc(Br)ccc2C)c[nH]1. The molecule has 0 saturated heterocycles. The van der Waals surface area contributed by atoms with Crippen molar-refractivity contribution in [2.45, 2.75) is 13.8 Å². The number of halogens is 1. The van der Waals surface area contributed by atoms with Gasteiger partial charge >= 0.3 is 0 Å². The zero-order valence-corrected chi connectivity index (χ0v) is 12.2. The lowest BCUT2D eigenvalue weighted by molar-refractivity contribution is 0.102. The first-order valence-electron chi connectivity index (χ1n) is 5.74. The summed E-state index contributed by atoms with van der Waals surface area (Å²) in [6.07, 6.45) is 1.43. The maximum absolute atomic E-state index is 12.1. The third kappa shape index (κ3) is 3.12. The van der Waals surface area contributed by atoms with Crippen LogP contribution in [0.15, 0.2) is 39.7 Å². The van der Waals surface area contributed by atoms with Gasteiger partial charge in [0.2, 0.25) is 0 Å². The molecular weight excluding hydrogens is 308 g/mol. The monoisotopic (exact) mass is 320 g/mol. The third-order valence-electron chi connectivity index (χ3n) is 2.75. The number of carbonyl (C=O) groups excluding carboxylic acids is 1. The van der Waals surface area contributed by atoms with Crippen LogP contribution in [0.2, 0.25) is 0 Å². The quantitative estimate of drug-likeness (QED) is 0.893. The number of H-pyrrole nitrogens is 1. The number of benzene rings is 1. The van der Waals surface area contributed by atoms with Crippen molar-refractivity contribution in [3.8, 4) is 0 Å². The van der Waals surface area contributed by atoms with Crippen LogP contribution in [0.4, 0.5) is 5.69 Å². The van der Waals surface area contributed by atoms with Gasteiger partial charge in [-0.05, 0) is 31.5 Å². The average Bonchev–Trinajstić information content (AvgIpc) is 2.33. The Balaban J connectivity index is 2.31. The molecule has 1 aromatic heterocycles. The van der Waals surface area contributed by atoms with Crippen LogP contribution in [0.5, 0.6) is 0 Å². The number of anilines is 1. The number of aromatic amines is 1. The van der Waals surface area contributed by atoms with E-state index in [1.807, 2.05) is 19.1 Å². The zero-order chi connectivity index (χ0) is 14.0. The van der Waals surface area contributed by atoms with Crippen molar-refractivity contribution in [3.63, 3.8) is 0 Å². The van der Waals surface area contributed by atoms with Crippen LogP contribution in [0.25, 0.3) is 0 Å². The third-order valence-corrected chi connectivity index (χ3v) is 3.24. The normalized spacial score (nSPS) is 10.3. The van der Waals surface area contributed by atoms with Gasteiger partial charge in [0.05, 0.1) is 0 Å². The van der Waals surface area contributed by atoms with E-state index in [0.29, 0.717) is 5.69 Å². The molecule has 0 radical (unpaired) electrons. The second-order valence-corrected chi connectivity index (χ2v) is 5.22. The van der Waals surface area contributed by atoms with Crippen LogP contribution in [0, 0.1) is 13.8 Å². The molecule has 1 heterocycles. The number of aryl methyl sites for hydroxylation is 2. The van der Waals surface area contributed by atoms with E-state index in [9.17, 15) is 9.59 Å². The van der Waals surface area contributed by atoms with E-state index in [4.69, 9.17) is 0 Å². The first-order valence-corrected chi connectivity index (χ1v) is 6.53. The number of rotatable bonds is 2. The summed E-state index contributed by atoms with van der Waals surface area (Å²) >= 11 is 3.35. The molecule has 0 aliphatic rings. The summed E-state index contributed by atoms with van der Waals surface area (Å²) in [4.78, 5) is 26.7. The van der Waals surface area contributed by atoms with Crippen LogP contribution < -0.4 is 10.7 Å². The fourth-order valence-corrected chi connectivity index (χ4v) is 2.03. The molecule has 0 aliphatic heterocycles. The Bertz CT molecular complexity index is 692. The van der Waals surface area contributed by atoms with Crippen LogP contribution in [-0.4, -0.2) is 10.9 Å². The highest BCUT2D eigenvalue weighted by atomic mass is 79.9. The van der Waals surface area contributed by atoms with Gasteiger partial charge in [-0.2, -0.15) is 0 Å². The van der Waals surface area contributed by atoms with Crippen molar-refractivity contribution in [3.05, 3.63) is 62.0 Å².